The fourth-order valence-electron chi connectivity index (χ4n) is 2.97. The molecule has 0 saturated carbocycles. The first kappa shape index (κ1) is 18.4. The van der Waals surface area contributed by atoms with Gasteiger partial charge in [0, 0.05) is 6.42 Å². The molecule has 0 aliphatic carbocycles. The number of furan rings is 1. The zero-order chi connectivity index (χ0) is 19.4. The Hall–Kier alpha value is -3.35. The molecule has 1 aromatic heterocycles. The molecule has 0 radical (unpaired) electrons. The molecule has 1 aliphatic rings. The van der Waals surface area contributed by atoms with E-state index in [1.54, 1.807) is 18.2 Å². The van der Waals surface area contributed by atoms with E-state index < -0.39 is 24.0 Å². The maximum atomic E-state index is 12.5. The number of nitrogens with zero attached hydrogens (tertiary/aromatic N) is 1. The summed E-state index contributed by atoms with van der Waals surface area (Å²) in [5, 5.41) is 11.9. The molecule has 2 heterocycles. The number of benzene rings is 1. The van der Waals surface area contributed by atoms with Gasteiger partial charge in [-0.2, -0.15) is 0 Å². The number of amides is 2. The van der Waals surface area contributed by atoms with E-state index in [4.69, 9.17) is 4.42 Å². The number of allylic oxidation sites excluding steroid dienone is 1. The number of β-lactam (4-membered cyclic amide) rings is 1. The van der Waals surface area contributed by atoms with Crippen LogP contribution in [0.5, 0.6) is 0 Å². The Kier molecular flexibility index (Phi) is 5.40. The number of hydrogen-bond acceptors (Lipinski definition) is 4. The standard InChI is InChI=1S/C20H20N2O5/c1-13(20(25)26)22-16(10-9-15-8-5-11-27-15)18(19(22)24)21-17(23)12-14-6-3-2-4-7-14/h2-8,10-11,13,18H,9,12H2,1H3,(H,21,23)(H,25,26)/t13?,18-/m0/s1. The van der Waals surface area contributed by atoms with Crippen LogP contribution in [0.4, 0.5) is 0 Å². The van der Waals surface area contributed by atoms with E-state index >= 15 is 0 Å². The van der Waals surface area contributed by atoms with Gasteiger partial charge in [0.25, 0.3) is 5.91 Å². The van der Waals surface area contributed by atoms with E-state index in [1.807, 2.05) is 30.3 Å². The van der Waals surface area contributed by atoms with Gasteiger partial charge in [-0.1, -0.05) is 36.4 Å². The van der Waals surface area contributed by atoms with E-state index in [0.717, 1.165) is 5.56 Å². The van der Waals surface area contributed by atoms with Gasteiger partial charge in [0.15, 0.2) is 0 Å². The van der Waals surface area contributed by atoms with Crippen molar-refractivity contribution in [1.82, 2.24) is 10.2 Å². The Morgan fingerprint density at radius 2 is 2.00 bits per heavy atom. The first-order valence-corrected chi connectivity index (χ1v) is 8.59. The second-order valence-electron chi connectivity index (χ2n) is 6.30. The lowest BCUT2D eigenvalue weighted by molar-refractivity contribution is -0.154. The topological polar surface area (TPSA) is 99.9 Å². The van der Waals surface area contributed by atoms with Gasteiger partial charge < -0.3 is 14.8 Å². The van der Waals surface area contributed by atoms with Crippen LogP contribution in [0.2, 0.25) is 0 Å². The monoisotopic (exact) mass is 368 g/mol. The van der Waals surface area contributed by atoms with Crippen LogP contribution in [-0.4, -0.2) is 39.9 Å². The highest BCUT2D eigenvalue weighted by atomic mass is 16.4. The molecule has 2 aromatic rings. The number of carbonyl (C=O) groups is 3. The first-order chi connectivity index (χ1) is 13.0. The van der Waals surface area contributed by atoms with Crippen LogP contribution < -0.4 is 5.32 Å². The van der Waals surface area contributed by atoms with Crippen molar-refractivity contribution >= 4 is 17.8 Å². The Labute approximate surface area is 156 Å². The van der Waals surface area contributed by atoms with Crippen LogP contribution in [0.25, 0.3) is 0 Å². The van der Waals surface area contributed by atoms with Gasteiger partial charge in [-0.05, 0) is 24.6 Å². The largest absolute Gasteiger partial charge is 0.480 e. The molecule has 1 aliphatic heterocycles. The molecule has 3 rings (SSSR count). The van der Waals surface area contributed by atoms with Crippen molar-refractivity contribution < 1.29 is 23.9 Å². The number of likely N-dealkylation sites (tertiary alicyclic amines) is 1. The second-order valence-corrected chi connectivity index (χ2v) is 6.30. The molecule has 140 valence electrons. The number of rotatable bonds is 7. The van der Waals surface area contributed by atoms with Crippen LogP contribution in [0.15, 0.2) is 64.9 Å². The molecule has 7 heteroatoms. The molecule has 2 amide bonds. The number of aliphatic carboxylic acids is 1. The SMILES string of the molecule is CC(C(=O)O)N1C(=O)[C@@H](NC(=O)Cc2ccccc2)C1=CCc1ccco1. The summed E-state index contributed by atoms with van der Waals surface area (Å²) in [6.45, 7) is 1.43. The minimum absolute atomic E-state index is 0.143. The number of nitrogens with one attached hydrogen (secondary N) is 1. The van der Waals surface area contributed by atoms with E-state index in [9.17, 15) is 19.5 Å². The van der Waals surface area contributed by atoms with Crippen LogP contribution >= 0.6 is 0 Å². The van der Waals surface area contributed by atoms with E-state index in [2.05, 4.69) is 5.32 Å². The first-order valence-electron chi connectivity index (χ1n) is 8.59. The lowest BCUT2D eigenvalue weighted by atomic mass is 9.96. The minimum Gasteiger partial charge on any atom is -0.480 e. The molecule has 7 nitrogen and oxygen atoms in total. The van der Waals surface area contributed by atoms with Crippen molar-refractivity contribution in [2.24, 2.45) is 0 Å². The summed E-state index contributed by atoms with van der Waals surface area (Å²) in [5.41, 5.74) is 1.30. The van der Waals surface area contributed by atoms with Crippen molar-refractivity contribution in [2.45, 2.75) is 31.8 Å². The zero-order valence-electron chi connectivity index (χ0n) is 14.8. The summed E-state index contributed by atoms with van der Waals surface area (Å²) >= 11 is 0. The Morgan fingerprint density at radius 1 is 1.26 bits per heavy atom. The predicted molar refractivity (Wildman–Crippen MR) is 96.5 cm³/mol. The van der Waals surface area contributed by atoms with Gasteiger partial charge in [0.2, 0.25) is 5.91 Å². The van der Waals surface area contributed by atoms with Crippen molar-refractivity contribution in [3.63, 3.8) is 0 Å². The summed E-state index contributed by atoms with van der Waals surface area (Å²) in [4.78, 5) is 37.3. The number of hydrogen-bond donors (Lipinski definition) is 2. The molecule has 2 N–H and O–H groups in total. The molecule has 1 fully saturated rings. The third-order valence-electron chi connectivity index (χ3n) is 4.41. The quantitative estimate of drug-likeness (QED) is 0.725. The summed E-state index contributed by atoms with van der Waals surface area (Å²) < 4.78 is 5.27. The van der Waals surface area contributed by atoms with E-state index in [1.165, 1.54) is 18.1 Å². The average Bonchev–Trinajstić information content (AvgIpc) is 3.16. The molecule has 1 unspecified atom stereocenters. The normalized spacial score (nSPS) is 18.9. The number of carboxylic acids is 1. The van der Waals surface area contributed by atoms with E-state index in [-0.39, 0.29) is 12.3 Å². The van der Waals surface area contributed by atoms with Gasteiger partial charge in [-0.3, -0.25) is 14.5 Å². The van der Waals surface area contributed by atoms with Crippen LogP contribution in [0, 0.1) is 0 Å². The summed E-state index contributed by atoms with van der Waals surface area (Å²) in [6.07, 6.45) is 3.79. The summed E-state index contributed by atoms with van der Waals surface area (Å²) in [6, 6.07) is 10.9. The van der Waals surface area contributed by atoms with Gasteiger partial charge in [-0.15, -0.1) is 0 Å². The Morgan fingerprint density at radius 3 is 2.63 bits per heavy atom. The van der Waals surface area contributed by atoms with Gasteiger partial charge >= 0.3 is 5.97 Å². The molecule has 1 aromatic carbocycles. The van der Waals surface area contributed by atoms with Crippen molar-refractivity contribution in [3.8, 4) is 0 Å². The molecule has 27 heavy (non-hydrogen) atoms. The second kappa shape index (κ2) is 7.90. The van der Waals surface area contributed by atoms with Gasteiger partial charge in [-0.25, -0.2) is 4.79 Å². The third-order valence-corrected chi connectivity index (χ3v) is 4.41. The summed E-state index contributed by atoms with van der Waals surface area (Å²) in [7, 11) is 0. The highest BCUT2D eigenvalue weighted by Gasteiger charge is 2.47. The van der Waals surface area contributed by atoms with Crippen molar-refractivity contribution in [3.05, 3.63) is 71.8 Å². The molecule has 1 saturated heterocycles. The maximum absolute atomic E-state index is 12.5. The van der Waals surface area contributed by atoms with Crippen LogP contribution in [0.1, 0.15) is 18.2 Å². The smallest absolute Gasteiger partial charge is 0.326 e. The number of carboxylic acid groups (broad SMARTS) is 1. The lowest BCUT2D eigenvalue weighted by Gasteiger charge is -2.43. The Balaban J connectivity index is 1.73. The third kappa shape index (κ3) is 4.08. The summed E-state index contributed by atoms with van der Waals surface area (Å²) in [5.74, 6) is -1.16. The molecular weight excluding hydrogens is 348 g/mol. The van der Waals surface area contributed by atoms with Gasteiger partial charge in [0.1, 0.15) is 17.8 Å². The van der Waals surface area contributed by atoms with Crippen LogP contribution in [-0.2, 0) is 27.2 Å². The zero-order valence-corrected chi connectivity index (χ0v) is 14.8. The molecule has 0 bridgehead atoms. The molecular formula is C20H20N2O5. The fraction of sp³-hybridized carbons (Fsp3) is 0.250. The van der Waals surface area contributed by atoms with Crippen molar-refractivity contribution in [1.29, 1.82) is 0 Å². The lowest BCUT2D eigenvalue weighted by Crippen LogP contribution is -2.65. The predicted octanol–water partition coefficient (Wildman–Crippen LogP) is 1.75. The van der Waals surface area contributed by atoms with Crippen molar-refractivity contribution in [2.75, 3.05) is 0 Å². The Bertz CT molecular complexity index is 858. The van der Waals surface area contributed by atoms with Gasteiger partial charge in [0.05, 0.1) is 18.4 Å². The molecule has 0 spiro atoms. The highest BCUT2D eigenvalue weighted by molar-refractivity contribution is 6.00. The number of carbonyl (C=O) groups excluding carboxylic acids is 2. The highest BCUT2D eigenvalue weighted by Crippen LogP contribution is 2.28. The average molecular weight is 368 g/mol. The van der Waals surface area contributed by atoms with Crippen LogP contribution in [0.3, 0.4) is 0 Å². The maximum Gasteiger partial charge on any atom is 0.326 e. The van der Waals surface area contributed by atoms with E-state index in [0.29, 0.717) is 17.9 Å². The fourth-order valence-corrected chi connectivity index (χ4v) is 2.97. The molecule has 2 atom stereocenters. The minimum atomic E-state index is -1.11.